The molecule has 0 saturated heterocycles. The van der Waals surface area contributed by atoms with Gasteiger partial charge in [0.25, 0.3) is 0 Å². The summed E-state index contributed by atoms with van der Waals surface area (Å²) in [5.74, 6) is 0.800. The zero-order valence-corrected chi connectivity index (χ0v) is 13.5. The molecule has 120 valence electrons. The molecule has 6 heteroatoms. The second-order valence-electron chi connectivity index (χ2n) is 5.74. The van der Waals surface area contributed by atoms with Crippen LogP contribution in [0.3, 0.4) is 0 Å². The summed E-state index contributed by atoms with van der Waals surface area (Å²) in [6.45, 7) is 4.58. The highest BCUT2D eigenvalue weighted by atomic mass is 16.5. The van der Waals surface area contributed by atoms with Gasteiger partial charge in [0.05, 0.1) is 11.4 Å². The number of aromatic nitrogens is 4. The molecule has 0 spiro atoms. The highest BCUT2D eigenvalue weighted by Gasteiger charge is 2.15. The minimum absolute atomic E-state index is 0.717. The molecule has 3 heterocycles. The third-order valence-electron chi connectivity index (χ3n) is 4.04. The Labute approximate surface area is 139 Å². The van der Waals surface area contributed by atoms with Gasteiger partial charge in [0.2, 0.25) is 0 Å². The van der Waals surface area contributed by atoms with Crippen molar-refractivity contribution in [3.63, 3.8) is 0 Å². The first-order chi connectivity index (χ1) is 11.7. The fourth-order valence-electron chi connectivity index (χ4n) is 2.89. The van der Waals surface area contributed by atoms with E-state index in [1.165, 1.54) is 5.56 Å². The number of rotatable bonds is 4. The van der Waals surface area contributed by atoms with Crippen LogP contribution in [0.25, 0.3) is 16.8 Å². The molecule has 0 fully saturated rings. The molecular weight excluding hydrogens is 302 g/mol. The lowest BCUT2D eigenvalue weighted by Crippen LogP contribution is -2.02. The molecule has 0 saturated carbocycles. The predicted octanol–water partition coefficient (Wildman–Crippen LogP) is 3.61. The summed E-state index contributed by atoms with van der Waals surface area (Å²) in [7, 11) is 0. The first-order valence-electron chi connectivity index (χ1n) is 7.77. The Balaban J connectivity index is 1.75. The average Bonchev–Trinajstić information content (AvgIpc) is 3.20. The van der Waals surface area contributed by atoms with Crippen molar-refractivity contribution in [1.82, 2.24) is 19.8 Å². The van der Waals surface area contributed by atoms with Crippen molar-refractivity contribution in [3.8, 4) is 11.1 Å². The molecule has 6 nitrogen and oxygen atoms in total. The third-order valence-corrected chi connectivity index (χ3v) is 4.04. The van der Waals surface area contributed by atoms with E-state index < -0.39 is 0 Å². The van der Waals surface area contributed by atoms with Crippen LogP contribution in [0.15, 0.2) is 53.4 Å². The van der Waals surface area contributed by atoms with Crippen molar-refractivity contribution in [3.05, 3.63) is 65.9 Å². The van der Waals surface area contributed by atoms with Gasteiger partial charge in [0, 0.05) is 23.9 Å². The summed E-state index contributed by atoms with van der Waals surface area (Å²) in [4.78, 5) is 0. The van der Waals surface area contributed by atoms with Gasteiger partial charge >= 0.3 is 0 Å². The lowest BCUT2D eigenvalue weighted by atomic mass is 10.1. The number of fused-ring (bicyclic) bond motifs is 1. The number of hydrogen-bond acceptors (Lipinski definition) is 5. The van der Waals surface area contributed by atoms with Gasteiger partial charge < -0.3 is 9.84 Å². The largest absolute Gasteiger partial charge is 0.378 e. The summed E-state index contributed by atoms with van der Waals surface area (Å²) in [5.41, 5.74) is 5.82. The molecule has 0 bridgehead atoms. The summed E-state index contributed by atoms with van der Waals surface area (Å²) < 4.78 is 7.21. The molecule has 0 aliphatic carbocycles. The standard InChI is InChI=1S/C18H17N5O/c1-12-17(13(2)24-22-12)15-8-16(18-21-20-11-23(18)10-15)19-9-14-6-4-3-5-7-14/h3-8,10-11,19H,9H2,1-2H3. The van der Waals surface area contributed by atoms with Crippen LogP contribution in [0.2, 0.25) is 0 Å². The maximum atomic E-state index is 5.30. The first kappa shape index (κ1) is 14.4. The Hall–Kier alpha value is -3.15. The topological polar surface area (TPSA) is 68.2 Å². The Morgan fingerprint density at radius 2 is 2.00 bits per heavy atom. The fraction of sp³-hybridized carbons (Fsp3) is 0.167. The molecular formula is C18H17N5O. The number of aryl methyl sites for hydroxylation is 2. The first-order valence-corrected chi connectivity index (χ1v) is 7.77. The predicted molar refractivity (Wildman–Crippen MR) is 91.7 cm³/mol. The zero-order valence-electron chi connectivity index (χ0n) is 13.5. The zero-order chi connectivity index (χ0) is 16.5. The van der Waals surface area contributed by atoms with E-state index in [0.29, 0.717) is 6.54 Å². The molecule has 1 N–H and O–H groups in total. The number of anilines is 1. The van der Waals surface area contributed by atoms with Crippen molar-refractivity contribution in [2.45, 2.75) is 20.4 Å². The van der Waals surface area contributed by atoms with Crippen LogP contribution >= 0.6 is 0 Å². The average molecular weight is 319 g/mol. The molecule has 0 radical (unpaired) electrons. The second-order valence-corrected chi connectivity index (χ2v) is 5.74. The minimum Gasteiger partial charge on any atom is -0.378 e. The molecule has 0 amide bonds. The molecule has 0 atom stereocenters. The third kappa shape index (κ3) is 2.52. The van der Waals surface area contributed by atoms with E-state index in [4.69, 9.17) is 4.52 Å². The summed E-state index contributed by atoms with van der Waals surface area (Å²) in [5, 5.41) is 15.7. The molecule has 4 aromatic rings. The highest BCUT2D eigenvalue weighted by Crippen LogP contribution is 2.30. The van der Waals surface area contributed by atoms with Gasteiger partial charge in [0.1, 0.15) is 12.1 Å². The minimum atomic E-state index is 0.717. The van der Waals surface area contributed by atoms with Crippen molar-refractivity contribution in [2.24, 2.45) is 0 Å². The van der Waals surface area contributed by atoms with Crippen molar-refractivity contribution in [1.29, 1.82) is 0 Å². The van der Waals surface area contributed by atoms with E-state index in [-0.39, 0.29) is 0 Å². The van der Waals surface area contributed by atoms with Crippen LogP contribution in [0.4, 0.5) is 5.69 Å². The van der Waals surface area contributed by atoms with Crippen molar-refractivity contribution in [2.75, 3.05) is 5.32 Å². The Morgan fingerprint density at radius 3 is 2.75 bits per heavy atom. The second kappa shape index (κ2) is 5.81. The van der Waals surface area contributed by atoms with Gasteiger partial charge in [-0.2, -0.15) is 0 Å². The SMILES string of the molecule is Cc1noc(C)c1-c1cc(NCc2ccccc2)c2nncn2c1. The van der Waals surface area contributed by atoms with Crippen molar-refractivity contribution >= 4 is 11.3 Å². The fourth-order valence-corrected chi connectivity index (χ4v) is 2.89. The van der Waals surface area contributed by atoms with Crippen LogP contribution in [0.1, 0.15) is 17.0 Å². The molecule has 4 rings (SSSR count). The number of pyridine rings is 1. The highest BCUT2D eigenvalue weighted by molar-refractivity contribution is 5.77. The normalized spacial score (nSPS) is 11.1. The molecule has 24 heavy (non-hydrogen) atoms. The van der Waals surface area contributed by atoms with Crippen LogP contribution in [0, 0.1) is 13.8 Å². The maximum Gasteiger partial charge on any atom is 0.184 e. The molecule has 0 unspecified atom stereocenters. The van der Waals surface area contributed by atoms with E-state index in [1.54, 1.807) is 6.33 Å². The molecule has 0 aliphatic heterocycles. The lowest BCUT2D eigenvalue weighted by Gasteiger charge is -2.10. The van der Waals surface area contributed by atoms with Gasteiger partial charge in [-0.25, -0.2) is 0 Å². The van der Waals surface area contributed by atoms with Gasteiger partial charge in [-0.05, 0) is 25.5 Å². The van der Waals surface area contributed by atoms with Gasteiger partial charge in [-0.15, -0.1) is 10.2 Å². The van der Waals surface area contributed by atoms with Crippen LogP contribution in [0.5, 0.6) is 0 Å². The van der Waals surface area contributed by atoms with Gasteiger partial charge in [-0.3, -0.25) is 4.40 Å². The molecule has 0 aliphatic rings. The Morgan fingerprint density at radius 1 is 1.17 bits per heavy atom. The maximum absolute atomic E-state index is 5.30. The smallest absolute Gasteiger partial charge is 0.184 e. The number of benzene rings is 1. The van der Waals surface area contributed by atoms with Gasteiger partial charge in [-0.1, -0.05) is 35.5 Å². The lowest BCUT2D eigenvalue weighted by molar-refractivity contribution is 0.393. The van der Waals surface area contributed by atoms with E-state index in [1.807, 2.05) is 42.6 Å². The molecule has 1 aromatic carbocycles. The van der Waals surface area contributed by atoms with E-state index in [9.17, 15) is 0 Å². The van der Waals surface area contributed by atoms with Crippen LogP contribution in [-0.4, -0.2) is 19.8 Å². The van der Waals surface area contributed by atoms with Crippen LogP contribution in [-0.2, 0) is 6.54 Å². The Bertz CT molecular complexity index is 968. The number of hydrogen-bond donors (Lipinski definition) is 1. The van der Waals surface area contributed by atoms with E-state index in [2.05, 4.69) is 38.9 Å². The van der Waals surface area contributed by atoms with Crippen molar-refractivity contribution < 1.29 is 4.52 Å². The van der Waals surface area contributed by atoms with E-state index in [0.717, 1.165) is 33.9 Å². The quantitative estimate of drug-likeness (QED) is 0.622. The summed E-state index contributed by atoms with van der Waals surface area (Å²) in [6.07, 6.45) is 3.69. The van der Waals surface area contributed by atoms with Crippen LogP contribution < -0.4 is 5.32 Å². The number of nitrogens with one attached hydrogen (secondary N) is 1. The number of nitrogens with zero attached hydrogens (tertiary/aromatic N) is 4. The summed E-state index contributed by atoms with van der Waals surface area (Å²) >= 11 is 0. The van der Waals surface area contributed by atoms with E-state index >= 15 is 0 Å². The Kier molecular flexibility index (Phi) is 3.49. The monoisotopic (exact) mass is 319 g/mol. The van der Waals surface area contributed by atoms with Gasteiger partial charge in [0.15, 0.2) is 5.65 Å². The summed E-state index contributed by atoms with van der Waals surface area (Å²) in [6, 6.07) is 12.3. The molecule has 3 aromatic heterocycles.